The molecule has 0 aliphatic heterocycles. The number of sulfonamides is 1. The Labute approximate surface area is 102 Å². The van der Waals surface area contributed by atoms with Crippen LogP contribution in [0.2, 0.25) is 0 Å². The topological polar surface area (TPSA) is 86.6 Å². The minimum Gasteiger partial charge on any atom is -0.423 e. The molecule has 0 saturated carbocycles. The Hall–Kier alpha value is -0.885. The molecule has 94 valence electrons. The fourth-order valence-electron chi connectivity index (χ4n) is 1.40. The molecule has 0 atom stereocenters. The van der Waals surface area contributed by atoms with Gasteiger partial charge in [0.1, 0.15) is 0 Å². The summed E-state index contributed by atoms with van der Waals surface area (Å²) in [6, 6.07) is 5.78. The highest BCUT2D eigenvalue weighted by atomic mass is 32.2. The Kier molecular flexibility index (Phi) is 3.98. The van der Waals surface area contributed by atoms with Gasteiger partial charge in [0.05, 0.1) is 4.90 Å². The first-order chi connectivity index (χ1) is 7.63. The predicted molar refractivity (Wildman–Crippen MR) is 66.3 cm³/mol. The zero-order chi connectivity index (χ0) is 13.3. The number of rotatable bonds is 3. The smallest absolute Gasteiger partial charge is 0.423 e. The number of nitrogens with one attached hydrogen (secondary N) is 1. The number of hydrogen-bond donors (Lipinski definition) is 3. The standard InChI is InChI=1S/C10H16BNO4S/c1-10(2,3)12-17(15,16)9-7-5-4-6-8(9)11(13)14/h4-7,12-14H,1-3H3. The van der Waals surface area contributed by atoms with Crippen LogP contribution < -0.4 is 10.2 Å². The number of hydrogen-bond acceptors (Lipinski definition) is 4. The lowest BCUT2D eigenvalue weighted by Crippen LogP contribution is -2.44. The molecule has 0 aliphatic rings. The van der Waals surface area contributed by atoms with Crippen LogP contribution >= 0.6 is 0 Å². The van der Waals surface area contributed by atoms with E-state index in [1.807, 2.05) is 0 Å². The van der Waals surface area contributed by atoms with Gasteiger partial charge in [-0.05, 0) is 26.8 Å². The second-order valence-electron chi connectivity index (χ2n) is 4.77. The third-order valence-electron chi connectivity index (χ3n) is 1.93. The Balaban J connectivity index is 3.25. The van der Waals surface area contributed by atoms with Crippen molar-refractivity contribution >= 4 is 22.6 Å². The highest BCUT2D eigenvalue weighted by molar-refractivity contribution is 7.89. The predicted octanol–water partition coefficient (Wildman–Crippen LogP) is -0.557. The van der Waals surface area contributed by atoms with Crippen molar-refractivity contribution in [2.24, 2.45) is 0 Å². The molecule has 1 rings (SSSR count). The minimum absolute atomic E-state index is 0.0377. The van der Waals surface area contributed by atoms with Gasteiger partial charge < -0.3 is 10.0 Å². The van der Waals surface area contributed by atoms with Crippen LogP contribution in [-0.4, -0.2) is 31.1 Å². The lowest BCUT2D eigenvalue weighted by Gasteiger charge is -2.21. The molecule has 3 N–H and O–H groups in total. The molecule has 0 fully saturated rings. The Morgan fingerprint density at radius 2 is 1.71 bits per heavy atom. The fourth-order valence-corrected chi connectivity index (χ4v) is 3.05. The maximum absolute atomic E-state index is 12.0. The van der Waals surface area contributed by atoms with Gasteiger partial charge in [-0.15, -0.1) is 0 Å². The summed E-state index contributed by atoms with van der Waals surface area (Å²) < 4.78 is 26.5. The van der Waals surface area contributed by atoms with Crippen molar-refractivity contribution in [3.63, 3.8) is 0 Å². The van der Waals surface area contributed by atoms with E-state index in [9.17, 15) is 8.42 Å². The summed E-state index contributed by atoms with van der Waals surface area (Å²) in [5.41, 5.74) is -0.670. The molecular formula is C10H16BNO4S. The van der Waals surface area contributed by atoms with Crippen molar-refractivity contribution in [2.45, 2.75) is 31.2 Å². The second kappa shape index (κ2) is 4.77. The quantitative estimate of drug-likeness (QED) is 0.634. The van der Waals surface area contributed by atoms with E-state index in [4.69, 9.17) is 10.0 Å². The molecule has 0 bridgehead atoms. The minimum atomic E-state index is -3.76. The van der Waals surface area contributed by atoms with Crippen LogP contribution in [0.25, 0.3) is 0 Å². The zero-order valence-corrected chi connectivity index (χ0v) is 10.8. The average Bonchev–Trinajstić information content (AvgIpc) is 2.14. The number of benzene rings is 1. The van der Waals surface area contributed by atoms with Crippen LogP contribution in [-0.2, 0) is 10.0 Å². The molecule has 0 heterocycles. The molecule has 0 amide bonds. The Morgan fingerprint density at radius 1 is 1.18 bits per heavy atom. The van der Waals surface area contributed by atoms with E-state index in [0.29, 0.717) is 0 Å². The van der Waals surface area contributed by atoms with Gasteiger partial charge in [0.25, 0.3) is 0 Å². The second-order valence-corrected chi connectivity index (χ2v) is 6.42. The Bertz CT molecular complexity index is 493. The van der Waals surface area contributed by atoms with Crippen LogP contribution in [0.5, 0.6) is 0 Å². The molecule has 5 nitrogen and oxygen atoms in total. The van der Waals surface area contributed by atoms with Crippen LogP contribution in [0.1, 0.15) is 20.8 Å². The average molecular weight is 257 g/mol. The summed E-state index contributed by atoms with van der Waals surface area (Å²) in [6.45, 7) is 5.13. The molecule has 17 heavy (non-hydrogen) atoms. The molecule has 0 aromatic heterocycles. The molecule has 0 spiro atoms. The third-order valence-corrected chi connectivity index (χ3v) is 3.76. The molecule has 0 aliphatic carbocycles. The van der Waals surface area contributed by atoms with Crippen LogP contribution in [0.15, 0.2) is 29.2 Å². The van der Waals surface area contributed by atoms with Gasteiger partial charge in [-0.3, -0.25) is 0 Å². The molecule has 1 aromatic carbocycles. The van der Waals surface area contributed by atoms with Crippen molar-refractivity contribution < 1.29 is 18.5 Å². The lowest BCUT2D eigenvalue weighted by molar-refractivity contribution is 0.424. The molecule has 0 unspecified atom stereocenters. The normalized spacial score (nSPS) is 12.5. The van der Waals surface area contributed by atoms with E-state index >= 15 is 0 Å². The monoisotopic (exact) mass is 257 g/mol. The summed E-state index contributed by atoms with van der Waals surface area (Å²) in [5.74, 6) is 0. The lowest BCUT2D eigenvalue weighted by atomic mass is 9.80. The van der Waals surface area contributed by atoms with Gasteiger partial charge in [0, 0.05) is 11.0 Å². The largest absolute Gasteiger partial charge is 0.489 e. The summed E-state index contributed by atoms with van der Waals surface area (Å²) in [7, 11) is -5.58. The summed E-state index contributed by atoms with van der Waals surface area (Å²) >= 11 is 0. The summed E-state index contributed by atoms with van der Waals surface area (Å²) in [5, 5.41) is 18.3. The van der Waals surface area contributed by atoms with Gasteiger partial charge in [-0.1, -0.05) is 18.2 Å². The van der Waals surface area contributed by atoms with Crippen molar-refractivity contribution in [1.29, 1.82) is 0 Å². The van der Waals surface area contributed by atoms with Gasteiger partial charge in [-0.2, -0.15) is 0 Å². The van der Waals surface area contributed by atoms with Gasteiger partial charge in [0.15, 0.2) is 0 Å². The van der Waals surface area contributed by atoms with E-state index in [1.54, 1.807) is 26.8 Å². The first-order valence-electron chi connectivity index (χ1n) is 5.12. The maximum atomic E-state index is 12.0. The Morgan fingerprint density at radius 3 is 2.18 bits per heavy atom. The van der Waals surface area contributed by atoms with E-state index in [1.165, 1.54) is 18.2 Å². The van der Waals surface area contributed by atoms with Crippen molar-refractivity contribution in [1.82, 2.24) is 4.72 Å². The van der Waals surface area contributed by atoms with Crippen LogP contribution in [0, 0.1) is 0 Å². The third kappa shape index (κ3) is 3.81. The highest BCUT2D eigenvalue weighted by Gasteiger charge is 2.27. The molecule has 0 saturated heterocycles. The first kappa shape index (κ1) is 14.2. The van der Waals surface area contributed by atoms with Crippen LogP contribution in [0.3, 0.4) is 0 Å². The van der Waals surface area contributed by atoms with E-state index in [-0.39, 0.29) is 10.4 Å². The van der Waals surface area contributed by atoms with Gasteiger partial charge >= 0.3 is 7.12 Å². The molecule has 7 heteroatoms. The van der Waals surface area contributed by atoms with Crippen LogP contribution in [0.4, 0.5) is 0 Å². The van der Waals surface area contributed by atoms with Gasteiger partial charge in [-0.25, -0.2) is 13.1 Å². The zero-order valence-electron chi connectivity index (χ0n) is 10.0. The first-order valence-corrected chi connectivity index (χ1v) is 6.61. The van der Waals surface area contributed by atoms with E-state index in [0.717, 1.165) is 0 Å². The van der Waals surface area contributed by atoms with Crippen molar-refractivity contribution in [3.8, 4) is 0 Å². The van der Waals surface area contributed by atoms with E-state index in [2.05, 4.69) is 4.72 Å². The SMILES string of the molecule is CC(C)(C)NS(=O)(=O)c1ccccc1B(O)O. The summed E-state index contributed by atoms with van der Waals surface area (Å²) in [4.78, 5) is -0.120. The highest BCUT2D eigenvalue weighted by Crippen LogP contribution is 2.10. The summed E-state index contributed by atoms with van der Waals surface area (Å²) in [6.07, 6.45) is 0. The van der Waals surface area contributed by atoms with Crippen molar-refractivity contribution in [3.05, 3.63) is 24.3 Å². The van der Waals surface area contributed by atoms with E-state index < -0.39 is 22.7 Å². The maximum Gasteiger partial charge on any atom is 0.489 e. The fraction of sp³-hybridized carbons (Fsp3) is 0.400. The van der Waals surface area contributed by atoms with Gasteiger partial charge in [0.2, 0.25) is 10.0 Å². The molecule has 1 aromatic rings. The molecule has 0 radical (unpaired) electrons. The molecular weight excluding hydrogens is 241 g/mol. The van der Waals surface area contributed by atoms with Crippen molar-refractivity contribution in [2.75, 3.05) is 0 Å².